The van der Waals surface area contributed by atoms with Crippen LogP contribution in [0.4, 0.5) is 5.69 Å². The summed E-state index contributed by atoms with van der Waals surface area (Å²) in [6.45, 7) is 4.61. The zero-order valence-corrected chi connectivity index (χ0v) is 10.8. The SMILES string of the molecule is CC(C)(C)C(=O)OCc1cc(O)c(O)cc1[N+](=O)[O-]. The van der Waals surface area contributed by atoms with Crippen molar-refractivity contribution in [2.24, 2.45) is 5.41 Å². The van der Waals surface area contributed by atoms with E-state index in [0.29, 0.717) is 0 Å². The lowest BCUT2D eigenvalue weighted by Crippen LogP contribution is -2.22. The molecule has 0 aliphatic carbocycles. The number of hydrogen-bond acceptors (Lipinski definition) is 6. The molecule has 0 amide bonds. The van der Waals surface area contributed by atoms with Gasteiger partial charge in [-0.25, -0.2) is 0 Å². The molecule has 0 aromatic heterocycles. The minimum atomic E-state index is -0.728. The normalized spacial score (nSPS) is 11.1. The van der Waals surface area contributed by atoms with E-state index in [1.54, 1.807) is 20.8 Å². The van der Waals surface area contributed by atoms with Gasteiger partial charge in [0.05, 0.1) is 22.0 Å². The first kappa shape index (κ1) is 14.7. The van der Waals surface area contributed by atoms with Crippen LogP contribution in [0.5, 0.6) is 11.5 Å². The number of hydrogen-bond donors (Lipinski definition) is 2. The molecule has 0 bridgehead atoms. The van der Waals surface area contributed by atoms with E-state index in [1.165, 1.54) is 0 Å². The summed E-state index contributed by atoms with van der Waals surface area (Å²) in [5.41, 5.74) is -1.14. The van der Waals surface area contributed by atoms with Crippen LogP contribution in [0.25, 0.3) is 0 Å². The number of esters is 1. The molecule has 0 atom stereocenters. The molecule has 1 rings (SSSR count). The first-order valence-corrected chi connectivity index (χ1v) is 5.49. The fraction of sp³-hybridized carbons (Fsp3) is 0.417. The Labute approximate surface area is 109 Å². The molecular weight excluding hydrogens is 254 g/mol. The summed E-state index contributed by atoms with van der Waals surface area (Å²) < 4.78 is 4.94. The summed E-state index contributed by atoms with van der Waals surface area (Å²) in [6.07, 6.45) is 0. The summed E-state index contributed by atoms with van der Waals surface area (Å²) in [4.78, 5) is 21.6. The highest BCUT2D eigenvalue weighted by atomic mass is 16.6. The number of rotatable bonds is 3. The number of phenols is 2. The summed E-state index contributed by atoms with van der Waals surface area (Å²) in [5, 5.41) is 29.3. The van der Waals surface area contributed by atoms with Crippen molar-refractivity contribution in [3.63, 3.8) is 0 Å². The van der Waals surface area contributed by atoms with Gasteiger partial charge in [-0.2, -0.15) is 0 Å². The molecule has 0 unspecified atom stereocenters. The monoisotopic (exact) mass is 269 g/mol. The van der Waals surface area contributed by atoms with Crippen molar-refractivity contribution in [1.82, 2.24) is 0 Å². The summed E-state index contributed by atoms with van der Waals surface area (Å²) in [7, 11) is 0. The molecule has 0 heterocycles. The Morgan fingerprint density at radius 1 is 1.32 bits per heavy atom. The third-order valence-electron chi connectivity index (χ3n) is 2.34. The molecule has 7 heteroatoms. The first-order chi connectivity index (χ1) is 8.62. The Morgan fingerprint density at radius 2 is 1.84 bits per heavy atom. The predicted molar refractivity (Wildman–Crippen MR) is 65.7 cm³/mol. The quantitative estimate of drug-likeness (QED) is 0.376. The van der Waals surface area contributed by atoms with Crippen LogP contribution in [0.15, 0.2) is 12.1 Å². The molecule has 0 aliphatic heterocycles. The van der Waals surface area contributed by atoms with Crippen LogP contribution in [0, 0.1) is 15.5 Å². The Morgan fingerprint density at radius 3 is 2.32 bits per heavy atom. The topological polar surface area (TPSA) is 110 Å². The number of carbonyl (C=O) groups is 1. The number of carbonyl (C=O) groups excluding carboxylic acids is 1. The fourth-order valence-electron chi connectivity index (χ4n) is 1.25. The van der Waals surface area contributed by atoms with Gasteiger partial charge in [0.25, 0.3) is 5.69 Å². The Balaban J connectivity index is 2.98. The van der Waals surface area contributed by atoms with Crippen LogP contribution in [-0.2, 0) is 16.1 Å². The lowest BCUT2D eigenvalue weighted by atomic mass is 9.97. The van der Waals surface area contributed by atoms with Crippen molar-refractivity contribution < 1.29 is 24.7 Å². The van der Waals surface area contributed by atoms with Gasteiger partial charge >= 0.3 is 5.97 Å². The molecule has 0 fully saturated rings. The molecule has 0 saturated carbocycles. The van der Waals surface area contributed by atoms with E-state index >= 15 is 0 Å². The van der Waals surface area contributed by atoms with Crippen molar-refractivity contribution in [3.8, 4) is 11.5 Å². The molecule has 104 valence electrons. The maximum atomic E-state index is 11.6. The summed E-state index contributed by atoms with van der Waals surface area (Å²) in [6, 6.07) is 1.82. The zero-order valence-electron chi connectivity index (χ0n) is 10.8. The molecule has 0 spiro atoms. The van der Waals surface area contributed by atoms with Crippen LogP contribution in [0.1, 0.15) is 26.3 Å². The van der Waals surface area contributed by atoms with Crippen molar-refractivity contribution in [2.75, 3.05) is 0 Å². The fourth-order valence-corrected chi connectivity index (χ4v) is 1.25. The van der Waals surface area contributed by atoms with Gasteiger partial charge in [0.15, 0.2) is 11.5 Å². The van der Waals surface area contributed by atoms with Gasteiger partial charge in [0.1, 0.15) is 6.61 Å². The van der Waals surface area contributed by atoms with E-state index in [1.807, 2.05) is 0 Å². The van der Waals surface area contributed by atoms with Crippen LogP contribution in [-0.4, -0.2) is 21.1 Å². The zero-order chi connectivity index (χ0) is 14.8. The van der Waals surface area contributed by atoms with Crippen LogP contribution in [0.3, 0.4) is 0 Å². The smallest absolute Gasteiger partial charge is 0.311 e. The molecule has 1 aromatic carbocycles. The molecule has 1 aromatic rings. The maximum absolute atomic E-state index is 11.6. The van der Waals surface area contributed by atoms with Gasteiger partial charge in [-0.05, 0) is 26.8 Å². The van der Waals surface area contributed by atoms with Crippen molar-refractivity contribution in [2.45, 2.75) is 27.4 Å². The number of ether oxygens (including phenoxy) is 1. The summed E-state index contributed by atoms with van der Waals surface area (Å²) in [5.74, 6) is -1.63. The third kappa shape index (κ3) is 3.57. The first-order valence-electron chi connectivity index (χ1n) is 5.49. The third-order valence-corrected chi connectivity index (χ3v) is 2.34. The molecule has 2 N–H and O–H groups in total. The Hall–Kier alpha value is -2.31. The average molecular weight is 269 g/mol. The lowest BCUT2D eigenvalue weighted by Gasteiger charge is -2.16. The van der Waals surface area contributed by atoms with E-state index in [2.05, 4.69) is 0 Å². The van der Waals surface area contributed by atoms with Crippen molar-refractivity contribution in [1.29, 1.82) is 0 Å². The van der Waals surface area contributed by atoms with Gasteiger partial charge in [0.2, 0.25) is 0 Å². The number of nitro benzene ring substituents is 1. The molecule has 19 heavy (non-hydrogen) atoms. The highest BCUT2D eigenvalue weighted by Crippen LogP contribution is 2.33. The minimum Gasteiger partial charge on any atom is -0.504 e. The van der Waals surface area contributed by atoms with Gasteiger partial charge in [-0.15, -0.1) is 0 Å². The lowest BCUT2D eigenvalue weighted by molar-refractivity contribution is -0.386. The number of benzene rings is 1. The van der Waals surface area contributed by atoms with E-state index in [-0.39, 0.29) is 12.2 Å². The summed E-state index contributed by atoms with van der Waals surface area (Å²) >= 11 is 0. The van der Waals surface area contributed by atoms with Gasteiger partial charge in [-0.1, -0.05) is 0 Å². The largest absolute Gasteiger partial charge is 0.504 e. The van der Waals surface area contributed by atoms with Crippen LogP contribution >= 0.6 is 0 Å². The van der Waals surface area contributed by atoms with Crippen LogP contribution < -0.4 is 0 Å². The number of nitrogens with zero attached hydrogens (tertiary/aromatic N) is 1. The van der Waals surface area contributed by atoms with E-state index in [4.69, 9.17) is 4.74 Å². The number of aromatic hydroxyl groups is 2. The second-order valence-corrected chi connectivity index (χ2v) is 5.05. The highest BCUT2D eigenvalue weighted by Gasteiger charge is 2.25. The molecular formula is C12H15NO6. The van der Waals surface area contributed by atoms with Gasteiger partial charge in [0, 0.05) is 0 Å². The van der Waals surface area contributed by atoms with Crippen LogP contribution in [0.2, 0.25) is 0 Å². The second kappa shape index (κ2) is 5.13. The molecule has 0 radical (unpaired) electrons. The number of phenolic OH excluding ortho intramolecular Hbond substituents is 2. The van der Waals surface area contributed by atoms with Gasteiger partial charge < -0.3 is 14.9 Å². The molecule has 7 nitrogen and oxygen atoms in total. The van der Waals surface area contributed by atoms with Crippen molar-refractivity contribution >= 4 is 11.7 Å². The van der Waals surface area contributed by atoms with E-state index < -0.39 is 33.5 Å². The Kier molecular flexibility index (Phi) is 3.98. The molecule has 0 saturated heterocycles. The number of nitro groups is 1. The van der Waals surface area contributed by atoms with Crippen molar-refractivity contribution in [3.05, 3.63) is 27.8 Å². The van der Waals surface area contributed by atoms with E-state index in [0.717, 1.165) is 12.1 Å². The Bertz CT molecular complexity index is 518. The van der Waals surface area contributed by atoms with Gasteiger partial charge in [-0.3, -0.25) is 14.9 Å². The highest BCUT2D eigenvalue weighted by molar-refractivity contribution is 5.75. The second-order valence-electron chi connectivity index (χ2n) is 5.05. The standard InChI is InChI=1S/C12H15NO6/c1-12(2,3)11(16)19-6-7-4-9(14)10(15)5-8(7)13(17)18/h4-5,14-15H,6H2,1-3H3. The molecule has 0 aliphatic rings. The maximum Gasteiger partial charge on any atom is 0.311 e. The predicted octanol–water partition coefficient (Wildman–Crippen LogP) is 2.10. The average Bonchev–Trinajstić information content (AvgIpc) is 2.28. The van der Waals surface area contributed by atoms with E-state index in [9.17, 15) is 25.1 Å². The minimum absolute atomic E-state index is 0.0119.